The molecule has 1 rings (SSSR count). The van der Waals surface area contributed by atoms with Gasteiger partial charge in [-0.15, -0.1) is 0 Å². The number of nitrogens with zero attached hydrogens (tertiary/aromatic N) is 1. The standard InChI is InChI=1S/C14H16ClNO6/c1-4-5-21-13-7-11(16(18)19)10(6-12(13)20-3)9(2)8-22-14(15)17/h4,6-7,9H,1,5,8H2,2-3H3. The number of ether oxygens (including phenoxy) is 3. The maximum Gasteiger partial charge on any atom is 0.403 e. The number of benzene rings is 1. The smallest absolute Gasteiger partial charge is 0.403 e. The molecule has 0 radical (unpaired) electrons. The van der Waals surface area contributed by atoms with Gasteiger partial charge in [-0.05, 0) is 6.07 Å². The van der Waals surface area contributed by atoms with Crippen LogP contribution >= 0.6 is 11.6 Å². The number of hydrogen-bond donors (Lipinski definition) is 0. The lowest BCUT2D eigenvalue weighted by Crippen LogP contribution is -2.09. The van der Waals surface area contributed by atoms with Crippen LogP contribution in [0.5, 0.6) is 11.5 Å². The van der Waals surface area contributed by atoms with Gasteiger partial charge in [0.15, 0.2) is 11.5 Å². The fourth-order valence-corrected chi connectivity index (χ4v) is 1.88. The molecule has 1 atom stereocenters. The van der Waals surface area contributed by atoms with Crippen molar-refractivity contribution in [1.82, 2.24) is 0 Å². The van der Waals surface area contributed by atoms with Crippen molar-refractivity contribution < 1.29 is 23.9 Å². The van der Waals surface area contributed by atoms with Crippen LogP contribution in [0.4, 0.5) is 10.5 Å². The third-order valence-corrected chi connectivity index (χ3v) is 2.95. The fourth-order valence-electron chi connectivity index (χ4n) is 1.82. The summed E-state index contributed by atoms with van der Waals surface area (Å²) >= 11 is 5.10. The van der Waals surface area contributed by atoms with Gasteiger partial charge in [-0.2, -0.15) is 0 Å². The quantitative estimate of drug-likeness (QED) is 0.313. The van der Waals surface area contributed by atoms with E-state index in [2.05, 4.69) is 11.3 Å². The minimum atomic E-state index is -0.965. The molecule has 0 saturated carbocycles. The summed E-state index contributed by atoms with van der Waals surface area (Å²) in [5, 5.41) is 11.2. The predicted octanol–water partition coefficient (Wildman–Crippen LogP) is 3.65. The largest absolute Gasteiger partial charge is 0.493 e. The van der Waals surface area contributed by atoms with Crippen molar-refractivity contribution in [2.75, 3.05) is 20.3 Å². The highest BCUT2D eigenvalue weighted by Crippen LogP contribution is 2.38. The Hall–Kier alpha value is -2.28. The molecule has 0 N–H and O–H groups in total. The Morgan fingerprint density at radius 2 is 2.18 bits per heavy atom. The highest BCUT2D eigenvalue weighted by atomic mass is 35.5. The van der Waals surface area contributed by atoms with Gasteiger partial charge in [0.05, 0.1) is 24.7 Å². The first-order chi connectivity index (χ1) is 10.4. The molecule has 0 aliphatic rings. The molecule has 0 aliphatic heterocycles. The Morgan fingerprint density at radius 1 is 1.50 bits per heavy atom. The molecule has 0 amide bonds. The third kappa shape index (κ3) is 4.63. The molecule has 1 aromatic rings. The zero-order chi connectivity index (χ0) is 16.7. The number of carbonyl (C=O) groups excluding carboxylic acids is 1. The molecule has 0 fully saturated rings. The maximum absolute atomic E-state index is 11.2. The van der Waals surface area contributed by atoms with Gasteiger partial charge in [-0.25, -0.2) is 4.79 Å². The van der Waals surface area contributed by atoms with Crippen LogP contribution < -0.4 is 9.47 Å². The molecule has 0 saturated heterocycles. The second-order valence-corrected chi connectivity index (χ2v) is 4.68. The van der Waals surface area contributed by atoms with E-state index in [1.165, 1.54) is 25.3 Å². The van der Waals surface area contributed by atoms with Crippen LogP contribution in [0.25, 0.3) is 0 Å². The zero-order valence-electron chi connectivity index (χ0n) is 12.2. The lowest BCUT2D eigenvalue weighted by Gasteiger charge is -2.15. The minimum Gasteiger partial charge on any atom is -0.493 e. The molecule has 0 bridgehead atoms. The average Bonchev–Trinajstić information content (AvgIpc) is 2.49. The van der Waals surface area contributed by atoms with Crippen LogP contribution in [-0.2, 0) is 4.74 Å². The van der Waals surface area contributed by atoms with Crippen molar-refractivity contribution in [3.63, 3.8) is 0 Å². The van der Waals surface area contributed by atoms with E-state index in [4.69, 9.17) is 21.1 Å². The summed E-state index contributed by atoms with van der Waals surface area (Å²) in [5.41, 5.74) is -0.767. The van der Waals surface area contributed by atoms with Crippen molar-refractivity contribution in [1.29, 1.82) is 0 Å². The Labute approximate surface area is 132 Å². The van der Waals surface area contributed by atoms with Gasteiger partial charge in [0.2, 0.25) is 0 Å². The van der Waals surface area contributed by atoms with Crippen LogP contribution in [0.3, 0.4) is 0 Å². The molecule has 0 spiro atoms. The lowest BCUT2D eigenvalue weighted by molar-refractivity contribution is -0.385. The summed E-state index contributed by atoms with van der Waals surface area (Å²) in [6.07, 6.45) is 1.52. The van der Waals surface area contributed by atoms with Crippen molar-refractivity contribution in [3.8, 4) is 11.5 Å². The minimum absolute atomic E-state index is 0.0841. The molecule has 7 nitrogen and oxygen atoms in total. The van der Waals surface area contributed by atoms with E-state index in [0.29, 0.717) is 11.3 Å². The number of carbonyl (C=O) groups is 1. The molecule has 1 unspecified atom stereocenters. The number of rotatable bonds is 8. The van der Waals surface area contributed by atoms with Crippen molar-refractivity contribution >= 4 is 22.7 Å². The molecule has 120 valence electrons. The van der Waals surface area contributed by atoms with E-state index in [1.54, 1.807) is 6.92 Å². The Balaban J connectivity index is 3.21. The van der Waals surface area contributed by atoms with Crippen molar-refractivity contribution in [2.45, 2.75) is 12.8 Å². The number of hydrogen-bond acceptors (Lipinski definition) is 6. The summed E-state index contributed by atoms with van der Waals surface area (Å²) in [5.74, 6) is 0.136. The molecule has 0 aliphatic carbocycles. The van der Waals surface area contributed by atoms with Gasteiger partial charge in [0.1, 0.15) is 6.61 Å². The first kappa shape index (κ1) is 17.8. The van der Waals surface area contributed by atoms with E-state index >= 15 is 0 Å². The van der Waals surface area contributed by atoms with E-state index in [1.807, 2.05) is 0 Å². The number of nitro groups is 1. The molecule has 0 aromatic heterocycles. The van der Waals surface area contributed by atoms with Gasteiger partial charge in [0.25, 0.3) is 5.69 Å². The van der Waals surface area contributed by atoms with Crippen LogP contribution in [0.2, 0.25) is 0 Å². The van der Waals surface area contributed by atoms with Gasteiger partial charge in [0, 0.05) is 23.1 Å². The average molecular weight is 330 g/mol. The highest BCUT2D eigenvalue weighted by Gasteiger charge is 2.24. The van der Waals surface area contributed by atoms with E-state index in [-0.39, 0.29) is 24.7 Å². The highest BCUT2D eigenvalue weighted by molar-refractivity contribution is 6.61. The van der Waals surface area contributed by atoms with Gasteiger partial charge in [-0.3, -0.25) is 10.1 Å². The summed E-state index contributed by atoms with van der Waals surface area (Å²) in [7, 11) is 1.43. The zero-order valence-corrected chi connectivity index (χ0v) is 13.0. The second-order valence-electron chi connectivity index (χ2n) is 4.37. The summed E-state index contributed by atoms with van der Waals surface area (Å²) in [4.78, 5) is 21.4. The molecule has 1 aromatic carbocycles. The van der Waals surface area contributed by atoms with Gasteiger partial charge in [-0.1, -0.05) is 19.6 Å². The summed E-state index contributed by atoms with van der Waals surface area (Å²) in [6.45, 7) is 5.29. The summed E-state index contributed by atoms with van der Waals surface area (Å²) < 4.78 is 15.2. The Kier molecular flexibility index (Phi) is 6.65. The molecule has 0 heterocycles. The fraction of sp³-hybridized carbons (Fsp3) is 0.357. The van der Waals surface area contributed by atoms with Crippen LogP contribution in [0.15, 0.2) is 24.8 Å². The monoisotopic (exact) mass is 329 g/mol. The molecule has 22 heavy (non-hydrogen) atoms. The lowest BCUT2D eigenvalue weighted by atomic mass is 9.99. The molecular formula is C14H16ClNO6. The first-order valence-electron chi connectivity index (χ1n) is 6.33. The SMILES string of the molecule is C=CCOc1cc([N+](=O)[O-])c(C(C)COC(=O)Cl)cc1OC. The molecular weight excluding hydrogens is 314 g/mol. The van der Waals surface area contributed by atoms with Crippen LogP contribution in [-0.4, -0.2) is 30.7 Å². The summed E-state index contributed by atoms with van der Waals surface area (Å²) in [6, 6.07) is 2.76. The number of halogens is 1. The normalized spacial score (nSPS) is 11.4. The van der Waals surface area contributed by atoms with Crippen LogP contribution in [0.1, 0.15) is 18.4 Å². The van der Waals surface area contributed by atoms with Crippen LogP contribution in [0, 0.1) is 10.1 Å². The number of methoxy groups -OCH3 is 1. The van der Waals surface area contributed by atoms with E-state index in [9.17, 15) is 14.9 Å². The topological polar surface area (TPSA) is 87.9 Å². The molecule has 8 heteroatoms. The number of nitro benzene ring substituents is 1. The van der Waals surface area contributed by atoms with Gasteiger partial charge >= 0.3 is 5.43 Å². The predicted molar refractivity (Wildman–Crippen MR) is 81.0 cm³/mol. The van der Waals surface area contributed by atoms with Gasteiger partial charge < -0.3 is 14.2 Å². The van der Waals surface area contributed by atoms with E-state index in [0.717, 1.165) is 0 Å². The first-order valence-corrected chi connectivity index (χ1v) is 6.70. The van der Waals surface area contributed by atoms with Crippen molar-refractivity contribution in [3.05, 3.63) is 40.5 Å². The van der Waals surface area contributed by atoms with E-state index < -0.39 is 16.3 Å². The maximum atomic E-state index is 11.2. The second kappa shape index (κ2) is 8.23. The third-order valence-electron chi connectivity index (χ3n) is 2.84. The van der Waals surface area contributed by atoms with Crippen molar-refractivity contribution in [2.24, 2.45) is 0 Å². The Bertz CT molecular complexity index is 575. The Morgan fingerprint density at radius 3 is 2.68 bits per heavy atom.